The molecule has 0 saturated carbocycles. The predicted molar refractivity (Wildman–Crippen MR) is 115 cm³/mol. The molecule has 0 aromatic heterocycles. The zero-order chi connectivity index (χ0) is 20.5. The van der Waals surface area contributed by atoms with Gasteiger partial charge in [-0.25, -0.2) is 0 Å². The largest absolute Gasteiger partial charge is 0.483 e. The number of amides is 2. The minimum Gasteiger partial charge on any atom is -0.483 e. The van der Waals surface area contributed by atoms with E-state index in [0.29, 0.717) is 34.6 Å². The molecule has 0 heterocycles. The Morgan fingerprint density at radius 2 is 1.93 bits per heavy atom. The number of rotatable bonds is 9. The molecule has 0 saturated heterocycles. The van der Waals surface area contributed by atoms with E-state index in [2.05, 4.69) is 21.2 Å². The van der Waals surface area contributed by atoms with Gasteiger partial charge in [-0.15, -0.1) is 0 Å². The van der Waals surface area contributed by atoms with E-state index in [-0.39, 0.29) is 18.4 Å². The average Bonchev–Trinajstić information content (AvgIpc) is 2.70. The molecule has 0 bridgehead atoms. The van der Waals surface area contributed by atoms with Crippen LogP contribution in [-0.4, -0.2) is 43.0 Å². The van der Waals surface area contributed by atoms with Crippen molar-refractivity contribution in [2.75, 3.05) is 20.2 Å². The second kappa shape index (κ2) is 11.1. The van der Waals surface area contributed by atoms with E-state index in [1.807, 2.05) is 37.3 Å². The highest BCUT2D eigenvalue weighted by atomic mass is 79.9. The van der Waals surface area contributed by atoms with Crippen LogP contribution in [0.5, 0.6) is 5.75 Å². The van der Waals surface area contributed by atoms with Gasteiger partial charge in [-0.1, -0.05) is 48.9 Å². The SMILES string of the molecule is CC[C@@H](C(=O)NC)N(CCc1ccccc1)C(=O)COc1ccc(Cl)cc1Br. The normalized spacial score (nSPS) is 11.6. The van der Waals surface area contributed by atoms with E-state index in [0.717, 1.165) is 5.56 Å². The lowest BCUT2D eigenvalue weighted by atomic mass is 10.1. The summed E-state index contributed by atoms with van der Waals surface area (Å²) in [6, 6.07) is 14.4. The number of nitrogens with zero attached hydrogens (tertiary/aromatic N) is 1. The minimum atomic E-state index is -0.543. The van der Waals surface area contributed by atoms with Gasteiger partial charge in [-0.2, -0.15) is 0 Å². The first kappa shape index (κ1) is 22.2. The third kappa shape index (κ3) is 6.24. The molecule has 2 aromatic rings. The molecule has 0 aliphatic rings. The molecule has 28 heavy (non-hydrogen) atoms. The van der Waals surface area contributed by atoms with Gasteiger partial charge in [-0.3, -0.25) is 9.59 Å². The number of carbonyl (C=O) groups excluding carboxylic acids is 2. The molecule has 7 heteroatoms. The third-order valence-corrected chi connectivity index (χ3v) is 5.22. The van der Waals surface area contributed by atoms with Gasteiger partial charge >= 0.3 is 0 Å². The predicted octanol–water partition coefficient (Wildman–Crippen LogP) is 4.08. The molecule has 0 radical (unpaired) electrons. The van der Waals surface area contributed by atoms with Crippen LogP contribution in [0.3, 0.4) is 0 Å². The molecule has 150 valence electrons. The molecule has 2 aromatic carbocycles. The monoisotopic (exact) mass is 466 g/mol. The number of benzene rings is 2. The van der Waals surface area contributed by atoms with Crippen LogP contribution < -0.4 is 10.1 Å². The van der Waals surface area contributed by atoms with Crippen molar-refractivity contribution >= 4 is 39.3 Å². The van der Waals surface area contributed by atoms with Crippen molar-refractivity contribution in [2.24, 2.45) is 0 Å². The maximum Gasteiger partial charge on any atom is 0.261 e. The number of nitrogens with one attached hydrogen (secondary N) is 1. The van der Waals surface area contributed by atoms with E-state index in [1.54, 1.807) is 30.1 Å². The summed E-state index contributed by atoms with van der Waals surface area (Å²) >= 11 is 9.31. The number of hydrogen-bond donors (Lipinski definition) is 1. The Bertz CT molecular complexity index is 801. The number of likely N-dealkylation sites (N-methyl/N-ethyl adjacent to an activating group) is 1. The molecule has 5 nitrogen and oxygen atoms in total. The molecule has 1 atom stereocenters. The Morgan fingerprint density at radius 1 is 1.21 bits per heavy atom. The van der Waals surface area contributed by atoms with E-state index in [1.165, 1.54) is 0 Å². The summed E-state index contributed by atoms with van der Waals surface area (Å²) in [4.78, 5) is 26.8. The van der Waals surface area contributed by atoms with Crippen molar-refractivity contribution < 1.29 is 14.3 Å². The molecular weight excluding hydrogens is 444 g/mol. The van der Waals surface area contributed by atoms with E-state index < -0.39 is 6.04 Å². The zero-order valence-corrected chi connectivity index (χ0v) is 18.3. The molecule has 2 rings (SSSR count). The Balaban J connectivity index is 2.11. The first-order chi connectivity index (χ1) is 13.5. The van der Waals surface area contributed by atoms with Crippen LogP contribution in [0.2, 0.25) is 5.02 Å². The second-order valence-electron chi connectivity index (χ2n) is 6.22. The third-order valence-electron chi connectivity index (χ3n) is 4.36. The van der Waals surface area contributed by atoms with Crippen LogP contribution in [-0.2, 0) is 16.0 Å². The Hall–Kier alpha value is -2.05. The van der Waals surface area contributed by atoms with E-state index in [4.69, 9.17) is 16.3 Å². The number of hydrogen-bond acceptors (Lipinski definition) is 3. The van der Waals surface area contributed by atoms with Gasteiger partial charge in [0.2, 0.25) is 5.91 Å². The van der Waals surface area contributed by atoms with Crippen molar-refractivity contribution in [3.63, 3.8) is 0 Å². The fourth-order valence-corrected chi connectivity index (χ4v) is 3.67. The van der Waals surface area contributed by atoms with E-state index in [9.17, 15) is 9.59 Å². The number of halogens is 2. The molecular formula is C21H24BrClN2O3. The van der Waals surface area contributed by atoms with Crippen LogP contribution in [0, 0.1) is 0 Å². The van der Waals surface area contributed by atoms with Gasteiger partial charge < -0.3 is 15.0 Å². The lowest BCUT2D eigenvalue weighted by Crippen LogP contribution is -2.50. The molecule has 0 aliphatic carbocycles. The maximum absolute atomic E-state index is 12.9. The van der Waals surface area contributed by atoms with Gasteiger partial charge in [-0.05, 0) is 52.5 Å². The molecule has 1 N–H and O–H groups in total. The van der Waals surface area contributed by atoms with Crippen molar-refractivity contribution in [1.29, 1.82) is 0 Å². The van der Waals surface area contributed by atoms with Gasteiger partial charge in [0.25, 0.3) is 5.91 Å². The fourth-order valence-electron chi connectivity index (χ4n) is 2.88. The molecule has 0 unspecified atom stereocenters. The summed E-state index contributed by atoms with van der Waals surface area (Å²) in [6.07, 6.45) is 1.18. The van der Waals surface area contributed by atoms with Gasteiger partial charge in [0.05, 0.1) is 4.47 Å². The Labute approximate surface area is 179 Å². The first-order valence-corrected chi connectivity index (χ1v) is 10.3. The van der Waals surface area contributed by atoms with Crippen LogP contribution in [0.25, 0.3) is 0 Å². The van der Waals surface area contributed by atoms with Gasteiger partial charge in [0.15, 0.2) is 6.61 Å². The highest BCUT2D eigenvalue weighted by molar-refractivity contribution is 9.10. The highest BCUT2D eigenvalue weighted by Gasteiger charge is 2.28. The molecule has 0 spiro atoms. The van der Waals surface area contributed by atoms with Crippen molar-refractivity contribution in [3.05, 3.63) is 63.6 Å². The lowest BCUT2D eigenvalue weighted by molar-refractivity contribution is -0.142. The summed E-state index contributed by atoms with van der Waals surface area (Å²) < 4.78 is 6.33. The summed E-state index contributed by atoms with van der Waals surface area (Å²) in [7, 11) is 1.58. The van der Waals surface area contributed by atoms with Crippen LogP contribution in [0.4, 0.5) is 0 Å². The van der Waals surface area contributed by atoms with Crippen molar-refractivity contribution in [3.8, 4) is 5.75 Å². The average molecular weight is 468 g/mol. The maximum atomic E-state index is 12.9. The standard InChI is InChI=1S/C21H24BrClN2O3/c1-3-18(21(27)24-2)25(12-11-15-7-5-4-6-8-15)20(26)14-28-19-10-9-16(23)13-17(19)22/h4-10,13,18H,3,11-12,14H2,1-2H3,(H,24,27)/t18-/m0/s1. The van der Waals surface area contributed by atoms with Crippen molar-refractivity contribution in [1.82, 2.24) is 10.2 Å². The van der Waals surface area contributed by atoms with Gasteiger partial charge in [0, 0.05) is 18.6 Å². The molecule has 2 amide bonds. The minimum absolute atomic E-state index is 0.164. The number of ether oxygens (including phenoxy) is 1. The quantitative estimate of drug-likeness (QED) is 0.605. The summed E-state index contributed by atoms with van der Waals surface area (Å²) in [5.74, 6) is 0.0959. The van der Waals surface area contributed by atoms with Crippen LogP contribution in [0.15, 0.2) is 53.0 Å². The first-order valence-electron chi connectivity index (χ1n) is 9.09. The summed E-state index contributed by atoms with van der Waals surface area (Å²) in [5, 5.41) is 3.21. The second-order valence-corrected chi connectivity index (χ2v) is 7.52. The zero-order valence-electron chi connectivity index (χ0n) is 16.0. The van der Waals surface area contributed by atoms with Crippen LogP contribution >= 0.6 is 27.5 Å². The van der Waals surface area contributed by atoms with Crippen molar-refractivity contribution in [2.45, 2.75) is 25.8 Å². The molecule has 0 aliphatic heterocycles. The van der Waals surface area contributed by atoms with Gasteiger partial charge in [0.1, 0.15) is 11.8 Å². The topological polar surface area (TPSA) is 58.6 Å². The van der Waals surface area contributed by atoms with E-state index >= 15 is 0 Å². The smallest absolute Gasteiger partial charge is 0.261 e. The summed E-state index contributed by atoms with van der Waals surface area (Å²) in [5.41, 5.74) is 1.11. The lowest BCUT2D eigenvalue weighted by Gasteiger charge is -2.30. The molecule has 0 fully saturated rings. The Kier molecular flexibility index (Phi) is 8.80. The fraction of sp³-hybridized carbons (Fsp3) is 0.333. The Morgan fingerprint density at radius 3 is 2.54 bits per heavy atom. The van der Waals surface area contributed by atoms with Crippen LogP contribution in [0.1, 0.15) is 18.9 Å². The number of carbonyl (C=O) groups is 2. The highest BCUT2D eigenvalue weighted by Crippen LogP contribution is 2.28. The summed E-state index contributed by atoms with van der Waals surface area (Å²) in [6.45, 7) is 2.15.